The molecule has 0 saturated carbocycles. The van der Waals surface area contributed by atoms with Gasteiger partial charge in [-0.2, -0.15) is 0 Å². The van der Waals surface area contributed by atoms with Crippen LogP contribution in [-0.2, 0) is 16.1 Å². The molecule has 0 atom stereocenters. The molecule has 122 valence electrons. The van der Waals surface area contributed by atoms with Crippen LogP contribution in [0.5, 0.6) is 0 Å². The third kappa shape index (κ3) is 3.84. The van der Waals surface area contributed by atoms with Crippen LogP contribution >= 0.6 is 11.3 Å². The van der Waals surface area contributed by atoms with Gasteiger partial charge in [-0.05, 0) is 36.8 Å². The van der Waals surface area contributed by atoms with Gasteiger partial charge >= 0.3 is 10.8 Å². The molecule has 0 spiro atoms. The van der Waals surface area contributed by atoms with Crippen molar-refractivity contribution >= 4 is 23.2 Å². The van der Waals surface area contributed by atoms with Crippen LogP contribution < -0.4 is 4.87 Å². The highest BCUT2D eigenvalue weighted by Gasteiger charge is 2.19. The molecule has 6 nitrogen and oxygen atoms in total. The predicted molar refractivity (Wildman–Crippen MR) is 84.0 cm³/mol. The second-order valence-electron chi connectivity index (χ2n) is 5.01. The predicted octanol–water partition coefficient (Wildman–Crippen LogP) is 1.57. The fraction of sp³-hybridized carbons (Fsp3) is 0.267. The number of aliphatic carboxylic acids is 1. The summed E-state index contributed by atoms with van der Waals surface area (Å²) < 4.78 is 14.3. The third-order valence-electron chi connectivity index (χ3n) is 3.27. The average Bonchev–Trinajstić information content (AvgIpc) is 2.73. The summed E-state index contributed by atoms with van der Waals surface area (Å²) in [6.45, 7) is 1.04. The summed E-state index contributed by atoms with van der Waals surface area (Å²) >= 11 is 0.989. The van der Waals surface area contributed by atoms with Crippen molar-refractivity contribution in [2.75, 3.05) is 13.6 Å². The topological polar surface area (TPSA) is 79.6 Å². The maximum Gasteiger partial charge on any atom is 0.323 e. The number of nitrogens with zero attached hydrogens (tertiary/aromatic N) is 2. The van der Waals surface area contributed by atoms with E-state index < -0.39 is 24.2 Å². The Bertz CT molecular complexity index is 795. The number of hydrogen-bond donors (Lipinski definition) is 1. The summed E-state index contributed by atoms with van der Waals surface area (Å²) in [6.07, 6.45) is 0. The fourth-order valence-corrected chi connectivity index (χ4v) is 3.03. The number of aromatic nitrogens is 1. The molecular weight excluding hydrogens is 323 g/mol. The largest absolute Gasteiger partial charge is 0.480 e. The van der Waals surface area contributed by atoms with E-state index in [2.05, 4.69) is 0 Å². The monoisotopic (exact) mass is 338 g/mol. The van der Waals surface area contributed by atoms with E-state index in [1.54, 1.807) is 6.92 Å². The first-order chi connectivity index (χ1) is 10.8. The Hall–Kier alpha value is -2.48. The number of carbonyl (C=O) groups is 2. The summed E-state index contributed by atoms with van der Waals surface area (Å²) in [5.41, 5.74) is 1.16. The van der Waals surface area contributed by atoms with Crippen LogP contribution in [0, 0.1) is 12.7 Å². The van der Waals surface area contributed by atoms with Gasteiger partial charge in [-0.1, -0.05) is 11.3 Å². The average molecular weight is 338 g/mol. The Labute approximate surface area is 135 Å². The molecule has 1 aromatic heterocycles. The van der Waals surface area contributed by atoms with Gasteiger partial charge in [-0.15, -0.1) is 0 Å². The van der Waals surface area contributed by atoms with E-state index in [1.165, 1.54) is 35.9 Å². The van der Waals surface area contributed by atoms with Gasteiger partial charge in [0.1, 0.15) is 18.9 Å². The number of carboxylic acid groups (broad SMARTS) is 1. The van der Waals surface area contributed by atoms with Crippen molar-refractivity contribution in [2.45, 2.75) is 13.5 Å². The Morgan fingerprint density at radius 1 is 1.30 bits per heavy atom. The molecule has 2 aromatic rings. The summed E-state index contributed by atoms with van der Waals surface area (Å²) in [4.78, 5) is 36.3. The standard InChI is InChI=1S/C15H15FN2O4S/c1-9-14(10-3-5-11(16)6-4-10)18(15(22)23-9)7-12(19)17(2)8-13(20)21/h3-6H,7-8H2,1-2H3,(H,20,21). The summed E-state index contributed by atoms with van der Waals surface area (Å²) in [6, 6.07) is 5.62. The maximum atomic E-state index is 13.1. The minimum atomic E-state index is -1.13. The van der Waals surface area contributed by atoms with Crippen LogP contribution in [0.4, 0.5) is 4.39 Å². The van der Waals surface area contributed by atoms with Crippen LogP contribution in [0.1, 0.15) is 4.88 Å². The molecule has 0 aliphatic heterocycles. The molecule has 0 aliphatic rings. The summed E-state index contributed by atoms with van der Waals surface area (Å²) in [7, 11) is 1.36. The van der Waals surface area contributed by atoms with Crippen LogP contribution in [-0.4, -0.2) is 40.0 Å². The second-order valence-corrected chi connectivity index (χ2v) is 6.18. The van der Waals surface area contributed by atoms with Crippen LogP contribution in [0.15, 0.2) is 29.1 Å². The first-order valence-corrected chi connectivity index (χ1v) is 7.53. The quantitative estimate of drug-likeness (QED) is 0.897. The highest BCUT2D eigenvalue weighted by atomic mass is 32.1. The van der Waals surface area contributed by atoms with E-state index in [0.717, 1.165) is 16.2 Å². The minimum absolute atomic E-state index is 0.264. The van der Waals surface area contributed by atoms with E-state index in [-0.39, 0.29) is 11.4 Å². The van der Waals surface area contributed by atoms with E-state index in [9.17, 15) is 18.8 Å². The first kappa shape index (κ1) is 16.9. The SMILES string of the molecule is Cc1sc(=O)n(CC(=O)N(C)CC(=O)O)c1-c1ccc(F)cc1. The number of benzene rings is 1. The lowest BCUT2D eigenvalue weighted by atomic mass is 10.1. The van der Waals surface area contributed by atoms with Gasteiger partial charge in [0.05, 0.1) is 5.69 Å². The van der Waals surface area contributed by atoms with Crippen molar-refractivity contribution in [3.63, 3.8) is 0 Å². The van der Waals surface area contributed by atoms with E-state index in [4.69, 9.17) is 5.11 Å². The number of thiazole rings is 1. The number of halogens is 1. The lowest BCUT2D eigenvalue weighted by molar-refractivity contribution is -0.143. The van der Waals surface area contributed by atoms with Gasteiger partial charge in [0.25, 0.3) is 0 Å². The van der Waals surface area contributed by atoms with Crippen molar-refractivity contribution in [2.24, 2.45) is 0 Å². The van der Waals surface area contributed by atoms with Gasteiger partial charge in [0.15, 0.2) is 0 Å². The Kier molecular flexibility index (Phi) is 4.95. The number of carbonyl (C=O) groups excluding carboxylic acids is 1. The van der Waals surface area contributed by atoms with E-state index in [1.807, 2.05) is 0 Å². The second kappa shape index (κ2) is 6.74. The molecule has 0 unspecified atom stereocenters. The molecule has 8 heteroatoms. The zero-order valence-electron chi connectivity index (χ0n) is 12.6. The van der Waals surface area contributed by atoms with Crippen molar-refractivity contribution in [1.29, 1.82) is 0 Å². The number of amides is 1. The molecule has 0 saturated heterocycles. The normalized spacial score (nSPS) is 10.6. The number of hydrogen-bond acceptors (Lipinski definition) is 4. The van der Waals surface area contributed by atoms with Gasteiger partial charge in [-0.3, -0.25) is 19.0 Å². The third-order valence-corrected chi connectivity index (χ3v) is 4.17. The maximum absolute atomic E-state index is 13.1. The molecular formula is C15H15FN2O4S. The number of carboxylic acids is 1. The molecule has 1 N–H and O–H groups in total. The molecule has 0 fully saturated rings. The lowest BCUT2D eigenvalue weighted by Crippen LogP contribution is -2.36. The Morgan fingerprint density at radius 2 is 1.91 bits per heavy atom. The van der Waals surface area contributed by atoms with E-state index in [0.29, 0.717) is 16.1 Å². The zero-order chi connectivity index (χ0) is 17.1. The Morgan fingerprint density at radius 3 is 2.48 bits per heavy atom. The van der Waals surface area contributed by atoms with E-state index >= 15 is 0 Å². The molecule has 1 amide bonds. The van der Waals surface area contributed by atoms with Crippen LogP contribution in [0.25, 0.3) is 11.3 Å². The first-order valence-electron chi connectivity index (χ1n) is 6.71. The summed E-state index contributed by atoms with van der Waals surface area (Å²) in [5.74, 6) is -2.02. The highest BCUT2D eigenvalue weighted by molar-refractivity contribution is 7.09. The summed E-state index contributed by atoms with van der Waals surface area (Å²) in [5, 5.41) is 8.72. The van der Waals surface area contributed by atoms with Crippen molar-refractivity contribution < 1.29 is 19.1 Å². The van der Waals surface area contributed by atoms with Gasteiger partial charge < -0.3 is 10.0 Å². The fourth-order valence-electron chi connectivity index (χ4n) is 2.17. The molecule has 0 aliphatic carbocycles. The van der Waals surface area contributed by atoms with Gasteiger partial charge in [0.2, 0.25) is 5.91 Å². The minimum Gasteiger partial charge on any atom is -0.480 e. The lowest BCUT2D eigenvalue weighted by Gasteiger charge is -2.16. The molecule has 1 heterocycles. The number of likely N-dealkylation sites (N-methyl/N-ethyl adjacent to an activating group) is 1. The van der Waals surface area contributed by atoms with Crippen molar-refractivity contribution in [3.8, 4) is 11.3 Å². The zero-order valence-corrected chi connectivity index (χ0v) is 13.4. The van der Waals surface area contributed by atoms with Crippen molar-refractivity contribution in [1.82, 2.24) is 9.47 Å². The molecule has 23 heavy (non-hydrogen) atoms. The van der Waals surface area contributed by atoms with Crippen LogP contribution in [0.2, 0.25) is 0 Å². The molecule has 1 aromatic carbocycles. The molecule has 2 rings (SSSR count). The van der Waals surface area contributed by atoms with Gasteiger partial charge in [-0.25, -0.2) is 4.39 Å². The number of aryl methyl sites for hydroxylation is 1. The molecule has 0 radical (unpaired) electrons. The van der Waals surface area contributed by atoms with Crippen LogP contribution in [0.3, 0.4) is 0 Å². The highest BCUT2D eigenvalue weighted by Crippen LogP contribution is 2.25. The smallest absolute Gasteiger partial charge is 0.323 e. The van der Waals surface area contributed by atoms with Gasteiger partial charge in [0, 0.05) is 11.9 Å². The number of rotatable bonds is 5. The molecule has 0 bridgehead atoms. The Balaban J connectivity index is 2.36. The van der Waals surface area contributed by atoms with Crippen molar-refractivity contribution in [3.05, 3.63) is 44.6 Å².